The molecule has 16 heteroatoms. The van der Waals surface area contributed by atoms with E-state index in [9.17, 15) is 31.3 Å². The van der Waals surface area contributed by atoms with E-state index in [0.29, 0.717) is 12.8 Å². The van der Waals surface area contributed by atoms with Crippen LogP contribution >= 0.6 is 0 Å². The predicted molar refractivity (Wildman–Crippen MR) is 111 cm³/mol. The Morgan fingerprint density at radius 1 is 1.18 bits per heavy atom. The number of H-pyrrole nitrogens is 1. The molecule has 2 aromatic carbocycles. The minimum Gasteiger partial charge on any atom is -0.504 e. The molecule has 3 aromatic rings. The van der Waals surface area contributed by atoms with Crippen molar-refractivity contribution >= 4 is 48.6 Å². The fourth-order valence-electron chi connectivity index (χ4n) is 2.64. The van der Waals surface area contributed by atoms with Crippen molar-refractivity contribution in [2.45, 2.75) is 29.6 Å². The number of aromatic carboxylic acids is 1. The summed E-state index contributed by atoms with van der Waals surface area (Å²) in [4.78, 5) is 13.2. The maximum atomic E-state index is 12.6. The molecule has 0 fully saturated rings. The molecule has 0 aliphatic carbocycles. The van der Waals surface area contributed by atoms with Gasteiger partial charge in [0.2, 0.25) is 5.82 Å². The van der Waals surface area contributed by atoms with E-state index in [-0.39, 0.29) is 17.4 Å². The highest BCUT2D eigenvalue weighted by Crippen LogP contribution is 2.42. The van der Waals surface area contributed by atoms with Gasteiger partial charge in [-0.05, 0) is 30.0 Å². The summed E-state index contributed by atoms with van der Waals surface area (Å²) in [5, 5.41) is 32.5. The third kappa shape index (κ3) is 5.30. The summed E-state index contributed by atoms with van der Waals surface area (Å²) in [7, 11) is -9.08. The first kappa shape index (κ1) is 24.2. The summed E-state index contributed by atoms with van der Waals surface area (Å²) in [5.41, 5.74) is -0.502. The lowest BCUT2D eigenvalue weighted by Crippen LogP contribution is -2.08. The van der Waals surface area contributed by atoms with Crippen LogP contribution in [0, 0.1) is 0 Å². The molecule has 1 aromatic heterocycles. The number of aromatic nitrogens is 3. The van der Waals surface area contributed by atoms with Crippen molar-refractivity contribution in [1.29, 1.82) is 0 Å². The number of aromatic hydroxyl groups is 1. The fourth-order valence-corrected chi connectivity index (χ4v) is 4.21. The van der Waals surface area contributed by atoms with E-state index < -0.39 is 59.2 Å². The number of rotatable bonds is 9. The molecule has 14 nitrogen and oxygen atoms in total. The largest absolute Gasteiger partial charge is 0.504 e. The van der Waals surface area contributed by atoms with Crippen molar-refractivity contribution in [3.05, 3.63) is 30.1 Å². The summed E-state index contributed by atoms with van der Waals surface area (Å²) in [6, 6.07) is 4.22. The molecule has 0 atom stereocenters. The Morgan fingerprint density at radius 2 is 1.91 bits per heavy atom. The van der Waals surface area contributed by atoms with Crippen LogP contribution < -0.4 is 0 Å². The van der Waals surface area contributed by atoms with Crippen LogP contribution in [0.2, 0.25) is 0 Å². The highest BCUT2D eigenvalue weighted by atomic mass is 32.2. The Hall–Kier alpha value is -3.47. The number of fused-ring (bicyclic) bond motifs is 1. The number of hydrogen-bond acceptors (Lipinski definition) is 11. The predicted octanol–water partition coefficient (Wildman–Crippen LogP) is 2.53. The van der Waals surface area contributed by atoms with Gasteiger partial charge in [-0.15, -0.1) is 15.3 Å². The second-order valence-electron chi connectivity index (χ2n) is 6.55. The topological polar surface area (TPSA) is 222 Å². The van der Waals surface area contributed by atoms with Crippen LogP contribution in [0.4, 0.5) is 11.6 Å². The minimum absolute atomic E-state index is 0.0899. The zero-order chi connectivity index (χ0) is 24.4. The van der Waals surface area contributed by atoms with Gasteiger partial charge in [0.1, 0.15) is 10.6 Å². The van der Waals surface area contributed by atoms with E-state index in [2.05, 4.69) is 25.4 Å². The van der Waals surface area contributed by atoms with Crippen molar-refractivity contribution in [3.63, 3.8) is 0 Å². The molecule has 4 N–H and O–H groups in total. The minimum atomic E-state index is -4.64. The van der Waals surface area contributed by atoms with Crippen LogP contribution in [0.15, 0.2) is 44.3 Å². The average molecular weight is 499 g/mol. The van der Waals surface area contributed by atoms with E-state index >= 15 is 0 Å². The first-order chi connectivity index (χ1) is 15.4. The normalized spacial score (nSPS) is 12.5. The lowest BCUT2D eigenvalue weighted by atomic mass is 10.1. The summed E-state index contributed by atoms with van der Waals surface area (Å²) in [6.07, 6.45) is 1.10. The van der Waals surface area contributed by atoms with Crippen LogP contribution in [0.1, 0.15) is 30.4 Å². The Bertz CT molecular complexity index is 1460. The number of carboxylic acid groups (broad SMARTS) is 1. The first-order valence-corrected chi connectivity index (χ1v) is 12.0. The number of azo groups is 1. The van der Waals surface area contributed by atoms with Crippen molar-refractivity contribution in [1.82, 2.24) is 15.2 Å². The molecule has 1 heterocycles. The van der Waals surface area contributed by atoms with Crippen LogP contribution in [-0.4, -0.2) is 59.4 Å². The first-order valence-electron chi connectivity index (χ1n) is 9.18. The highest BCUT2D eigenvalue weighted by molar-refractivity contribution is 7.87. The van der Waals surface area contributed by atoms with E-state index in [0.717, 1.165) is 18.2 Å². The Morgan fingerprint density at radius 3 is 2.52 bits per heavy atom. The van der Waals surface area contributed by atoms with Crippen LogP contribution in [-0.2, 0) is 24.4 Å². The molecule has 33 heavy (non-hydrogen) atoms. The number of unbranched alkanes of at least 4 members (excludes halogenated alkanes) is 1. The molecular formula is C17H17N5O9S2. The monoisotopic (exact) mass is 499 g/mol. The van der Waals surface area contributed by atoms with Gasteiger partial charge in [-0.3, -0.25) is 13.8 Å². The quantitative estimate of drug-likeness (QED) is 0.145. The van der Waals surface area contributed by atoms with Gasteiger partial charge in [0.25, 0.3) is 16.1 Å². The third-order valence-corrected chi connectivity index (χ3v) is 6.42. The average Bonchev–Trinajstić information content (AvgIpc) is 3.21. The molecule has 0 aliphatic heterocycles. The summed E-state index contributed by atoms with van der Waals surface area (Å²) in [5.74, 6) is -3.35. The molecule has 176 valence electrons. The maximum absolute atomic E-state index is 12.6. The fraction of sp³-hybridized carbons (Fsp3) is 0.235. The van der Waals surface area contributed by atoms with E-state index in [1.54, 1.807) is 0 Å². The lowest BCUT2D eigenvalue weighted by Gasteiger charge is -2.12. The number of nitrogens with one attached hydrogen (secondary N) is 1. The Kier molecular flexibility index (Phi) is 6.73. The second kappa shape index (κ2) is 9.18. The summed E-state index contributed by atoms with van der Waals surface area (Å²) < 4.78 is 62.6. The number of phenols is 1. The summed E-state index contributed by atoms with van der Waals surface area (Å²) >= 11 is 0. The van der Waals surface area contributed by atoms with Gasteiger partial charge in [0.05, 0.1) is 11.5 Å². The number of aromatic amines is 1. The van der Waals surface area contributed by atoms with Crippen molar-refractivity contribution < 1.29 is 40.6 Å². The molecule has 0 unspecified atom stereocenters. The van der Waals surface area contributed by atoms with E-state index in [4.69, 9.17) is 9.29 Å². The third-order valence-electron chi connectivity index (χ3n) is 4.24. The smallest absolute Gasteiger partial charge is 0.373 e. The van der Waals surface area contributed by atoms with Crippen molar-refractivity contribution in [2.24, 2.45) is 10.2 Å². The SMILES string of the molecule is CCCCOS(=O)(=O)c1cc2ccc(S(=O)(=O)O)cc2c(N=Nc2n[nH]c(C(=O)O)n2)c1O. The Labute approximate surface area is 186 Å². The van der Waals surface area contributed by atoms with Gasteiger partial charge in [-0.1, -0.05) is 19.4 Å². The molecule has 0 bridgehead atoms. The van der Waals surface area contributed by atoms with Gasteiger partial charge in [-0.2, -0.15) is 21.8 Å². The van der Waals surface area contributed by atoms with Gasteiger partial charge in [0.15, 0.2) is 5.75 Å². The second-order valence-corrected chi connectivity index (χ2v) is 9.55. The number of benzene rings is 2. The lowest BCUT2D eigenvalue weighted by molar-refractivity contribution is 0.0684. The number of phenolic OH excluding ortho intramolecular Hbond substituents is 1. The highest BCUT2D eigenvalue weighted by Gasteiger charge is 2.25. The molecule has 0 radical (unpaired) electrons. The van der Waals surface area contributed by atoms with E-state index in [1.807, 2.05) is 6.92 Å². The van der Waals surface area contributed by atoms with Crippen LogP contribution in [0.25, 0.3) is 10.8 Å². The number of carbonyl (C=O) groups is 1. The summed E-state index contributed by atoms with van der Waals surface area (Å²) in [6.45, 7) is 1.69. The molecular weight excluding hydrogens is 482 g/mol. The standard InChI is InChI=1S/C17H17N5O9S2/c1-2-3-6-31-33(29,30)12-7-9-4-5-10(32(26,27)28)8-11(9)13(14(12)23)19-21-17-18-15(16(24)25)20-22-17/h4-5,7-8,23H,2-3,6H2,1H3,(H,24,25)(H,18,20,22)(H,26,27,28). The van der Waals surface area contributed by atoms with Crippen molar-refractivity contribution in [3.8, 4) is 5.75 Å². The number of hydrogen-bond donors (Lipinski definition) is 4. The van der Waals surface area contributed by atoms with Crippen LogP contribution in [0.3, 0.4) is 0 Å². The Balaban J connectivity index is 2.22. The zero-order valence-corrected chi connectivity index (χ0v) is 18.5. The number of carboxylic acids is 1. The molecule has 0 spiro atoms. The maximum Gasteiger partial charge on any atom is 0.373 e. The molecule has 0 saturated heterocycles. The number of nitrogens with zero attached hydrogens (tertiary/aromatic N) is 4. The van der Waals surface area contributed by atoms with Gasteiger partial charge in [-0.25, -0.2) is 4.79 Å². The van der Waals surface area contributed by atoms with Crippen molar-refractivity contribution in [2.75, 3.05) is 6.61 Å². The van der Waals surface area contributed by atoms with E-state index in [1.165, 1.54) is 6.07 Å². The molecule has 0 amide bonds. The van der Waals surface area contributed by atoms with Gasteiger partial charge < -0.3 is 10.2 Å². The molecule has 0 aliphatic rings. The van der Waals surface area contributed by atoms with Gasteiger partial charge >= 0.3 is 16.1 Å². The molecule has 0 saturated carbocycles. The van der Waals surface area contributed by atoms with Gasteiger partial charge in [0, 0.05) is 5.39 Å². The zero-order valence-electron chi connectivity index (χ0n) is 16.8. The van der Waals surface area contributed by atoms with Crippen LogP contribution in [0.5, 0.6) is 5.75 Å². The molecule has 3 rings (SSSR count).